The molecule has 0 bridgehead atoms. The molecule has 2 heterocycles. The Morgan fingerprint density at radius 2 is 2.08 bits per heavy atom. The SMILES string of the molecule is N#Cc1ccc(N2CCC[C@H](N3CCNC3=O)C2)cc1C(F)(F)F. The fraction of sp³-hybridized carbons (Fsp3) is 0.500. The summed E-state index contributed by atoms with van der Waals surface area (Å²) in [5.74, 6) is 0. The third-order valence-corrected chi connectivity index (χ3v) is 4.52. The third kappa shape index (κ3) is 3.11. The number of alkyl halides is 3. The predicted molar refractivity (Wildman–Crippen MR) is 81.5 cm³/mol. The lowest BCUT2D eigenvalue weighted by Crippen LogP contribution is -2.49. The first-order valence-electron chi connectivity index (χ1n) is 7.81. The van der Waals surface area contributed by atoms with Crippen LogP contribution >= 0.6 is 0 Å². The summed E-state index contributed by atoms with van der Waals surface area (Å²) in [7, 11) is 0. The summed E-state index contributed by atoms with van der Waals surface area (Å²) in [6.07, 6.45) is -2.92. The van der Waals surface area contributed by atoms with E-state index in [2.05, 4.69) is 5.32 Å². The minimum absolute atomic E-state index is 0.00812. The molecule has 2 saturated heterocycles. The van der Waals surface area contributed by atoms with Crippen LogP contribution in [0.4, 0.5) is 23.7 Å². The molecule has 2 aliphatic heterocycles. The van der Waals surface area contributed by atoms with Gasteiger partial charge in [-0.25, -0.2) is 4.79 Å². The Bertz CT molecular complexity index is 683. The molecule has 128 valence electrons. The Labute approximate surface area is 137 Å². The van der Waals surface area contributed by atoms with Gasteiger partial charge >= 0.3 is 12.2 Å². The van der Waals surface area contributed by atoms with Crippen LogP contribution in [-0.4, -0.2) is 43.2 Å². The average Bonchev–Trinajstić information content (AvgIpc) is 2.99. The molecular weight excluding hydrogens is 321 g/mol. The summed E-state index contributed by atoms with van der Waals surface area (Å²) >= 11 is 0. The highest BCUT2D eigenvalue weighted by atomic mass is 19.4. The molecule has 5 nitrogen and oxygen atoms in total. The third-order valence-electron chi connectivity index (χ3n) is 4.52. The molecule has 0 saturated carbocycles. The van der Waals surface area contributed by atoms with E-state index in [1.54, 1.807) is 17.0 Å². The Balaban J connectivity index is 1.83. The van der Waals surface area contributed by atoms with E-state index in [0.29, 0.717) is 31.9 Å². The number of carbonyl (C=O) groups is 1. The molecule has 8 heteroatoms. The Morgan fingerprint density at radius 1 is 1.29 bits per heavy atom. The van der Waals surface area contributed by atoms with Gasteiger partial charge in [0.1, 0.15) is 0 Å². The minimum atomic E-state index is -4.56. The van der Waals surface area contributed by atoms with Crippen LogP contribution in [0.2, 0.25) is 0 Å². The van der Waals surface area contributed by atoms with Crippen molar-refractivity contribution in [1.82, 2.24) is 10.2 Å². The number of carbonyl (C=O) groups excluding carboxylic acids is 1. The second-order valence-corrected chi connectivity index (χ2v) is 6.01. The van der Waals surface area contributed by atoms with Gasteiger partial charge < -0.3 is 15.1 Å². The van der Waals surface area contributed by atoms with E-state index in [1.165, 1.54) is 6.07 Å². The Morgan fingerprint density at radius 3 is 2.71 bits per heavy atom. The summed E-state index contributed by atoms with van der Waals surface area (Å²) in [4.78, 5) is 15.4. The van der Waals surface area contributed by atoms with Gasteiger partial charge in [0.2, 0.25) is 0 Å². The lowest BCUT2D eigenvalue weighted by Gasteiger charge is -2.38. The normalized spacial score (nSPS) is 21.6. The van der Waals surface area contributed by atoms with Gasteiger partial charge in [-0.3, -0.25) is 0 Å². The van der Waals surface area contributed by atoms with Crippen LogP contribution in [0.15, 0.2) is 18.2 Å². The molecule has 0 radical (unpaired) electrons. The highest BCUT2D eigenvalue weighted by molar-refractivity contribution is 5.76. The van der Waals surface area contributed by atoms with Gasteiger partial charge in [-0.1, -0.05) is 0 Å². The summed E-state index contributed by atoms with van der Waals surface area (Å²) in [6, 6.07) is 5.26. The molecule has 1 N–H and O–H groups in total. The molecule has 1 aromatic carbocycles. The zero-order valence-corrected chi connectivity index (χ0v) is 12.9. The fourth-order valence-corrected chi connectivity index (χ4v) is 3.34. The lowest BCUT2D eigenvalue weighted by atomic mass is 10.0. The van der Waals surface area contributed by atoms with Crippen LogP contribution < -0.4 is 10.2 Å². The molecule has 3 rings (SSSR count). The standard InChI is InChI=1S/C16H17F3N4O/c17-16(18,19)14-8-12(4-3-11(14)9-20)22-6-1-2-13(10-22)23-7-5-21-15(23)24/h3-4,8,13H,1-2,5-7,10H2,(H,21,24)/t13-/m0/s1. The van der Waals surface area contributed by atoms with Crippen LogP contribution in [0.1, 0.15) is 24.0 Å². The Kier molecular flexibility index (Phi) is 4.26. The van der Waals surface area contributed by atoms with Crippen LogP contribution in [-0.2, 0) is 6.18 Å². The molecular formula is C16H17F3N4O. The van der Waals surface area contributed by atoms with Crippen molar-refractivity contribution in [2.45, 2.75) is 25.1 Å². The second kappa shape index (κ2) is 6.23. The van der Waals surface area contributed by atoms with E-state index < -0.39 is 11.7 Å². The number of hydrogen-bond acceptors (Lipinski definition) is 3. The van der Waals surface area contributed by atoms with Gasteiger partial charge in [-0.2, -0.15) is 18.4 Å². The maximum absolute atomic E-state index is 13.1. The number of amides is 2. The summed E-state index contributed by atoms with van der Waals surface area (Å²) in [6.45, 7) is 2.36. The van der Waals surface area contributed by atoms with E-state index in [9.17, 15) is 18.0 Å². The highest BCUT2D eigenvalue weighted by Crippen LogP contribution is 2.35. The van der Waals surface area contributed by atoms with Crippen molar-refractivity contribution in [2.75, 3.05) is 31.1 Å². The van der Waals surface area contributed by atoms with Gasteiger partial charge in [-0.05, 0) is 31.0 Å². The predicted octanol–water partition coefficient (Wildman–Crippen LogP) is 2.57. The number of piperidine rings is 1. The molecule has 2 fully saturated rings. The molecule has 24 heavy (non-hydrogen) atoms. The van der Waals surface area contributed by atoms with E-state index in [-0.39, 0.29) is 17.6 Å². The number of urea groups is 1. The summed E-state index contributed by atoms with van der Waals surface area (Å²) < 4.78 is 39.4. The number of halogens is 3. The van der Waals surface area contributed by atoms with Gasteiger partial charge in [0.15, 0.2) is 0 Å². The largest absolute Gasteiger partial charge is 0.417 e. The van der Waals surface area contributed by atoms with Crippen LogP contribution in [0.25, 0.3) is 0 Å². The topological polar surface area (TPSA) is 59.4 Å². The van der Waals surface area contributed by atoms with Crippen molar-refractivity contribution in [2.24, 2.45) is 0 Å². The minimum Gasteiger partial charge on any atom is -0.369 e. The fourth-order valence-electron chi connectivity index (χ4n) is 3.34. The molecule has 2 amide bonds. The van der Waals surface area contributed by atoms with Crippen molar-refractivity contribution >= 4 is 11.7 Å². The number of anilines is 1. The molecule has 1 atom stereocenters. The number of nitrogens with zero attached hydrogens (tertiary/aromatic N) is 3. The van der Waals surface area contributed by atoms with E-state index in [4.69, 9.17) is 5.26 Å². The molecule has 0 aromatic heterocycles. The number of rotatable bonds is 2. The average molecular weight is 338 g/mol. The molecule has 0 unspecified atom stereocenters. The van der Waals surface area contributed by atoms with Crippen LogP contribution in [0, 0.1) is 11.3 Å². The van der Waals surface area contributed by atoms with Gasteiger partial charge in [0, 0.05) is 31.9 Å². The first-order valence-corrected chi connectivity index (χ1v) is 7.81. The maximum atomic E-state index is 13.1. The zero-order chi connectivity index (χ0) is 17.3. The zero-order valence-electron chi connectivity index (χ0n) is 12.9. The van der Waals surface area contributed by atoms with Crippen molar-refractivity contribution in [1.29, 1.82) is 5.26 Å². The highest BCUT2D eigenvalue weighted by Gasteiger charge is 2.35. The molecule has 0 aliphatic carbocycles. The molecule has 1 aromatic rings. The number of nitrogens with one attached hydrogen (secondary N) is 1. The maximum Gasteiger partial charge on any atom is 0.417 e. The van der Waals surface area contributed by atoms with Crippen molar-refractivity contribution in [3.63, 3.8) is 0 Å². The van der Waals surface area contributed by atoms with Crippen molar-refractivity contribution in [3.05, 3.63) is 29.3 Å². The van der Waals surface area contributed by atoms with Crippen LogP contribution in [0.3, 0.4) is 0 Å². The monoisotopic (exact) mass is 338 g/mol. The van der Waals surface area contributed by atoms with E-state index in [1.807, 2.05) is 4.90 Å². The first kappa shape index (κ1) is 16.4. The van der Waals surface area contributed by atoms with E-state index in [0.717, 1.165) is 18.9 Å². The molecule has 0 spiro atoms. The quantitative estimate of drug-likeness (QED) is 0.902. The lowest BCUT2D eigenvalue weighted by molar-refractivity contribution is -0.137. The first-order chi connectivity index (χ1) is 11.4. The van der Waals surface area contributed by atoms with E-state index >= 15 is 0 Å². The summed E-state index contributed by atoms with van der Waals surface area (Å²) in [5.41, 5.74) is -0.854. The van der Waals surface area contributed by atoms with Crippen LogP contribution in [0.5, 0.6) is 0 Å². The molecule has 2 aliphatic rings. The number of hydrogen-bond donors (Lipinski definition) is 1. The smallest absolute Gasteiger partial charge is 0.369 e. The second-order valence-electron chi connectivity index (χ2n) is 6.01. The van der Waals surface area contributed by atoms with Gasteiger partial charge in [-0.15, -0.1) is 0 Å². The number of nitriles is 1. The van der Waals surface area contributed by atoms with Crippen molar-refractivity contribution in [3.8, 4) is 6.07 Å². The van der Waals surface area contributed by atoms with Gasteiger partial charge in [0.05, 0.1) is 23.2 Å². The summed E-state index contributed by atoms with van der Waals surface area (Å²) in [5, 5.41) is 11.6. The number of benzene rings is 1. The van der Waals surface area contributed by atoms with Crippen molar-refractivity contribution < 1.29 is 18.0 Å². The van der Waals surface area contributed by atoms with Gasteiger partial charge in [0.25, 0.3) is 0 Å². The Hall–Kier alpha value is -2.43.